The van der Waals surface area contributed by atoms with Crippen LogP contribution in [0.5, 0.6) is 0 Å². The summed E-state index contributed by atoms with van der Waals surface area (Å²) < 4.78 is 0. The molecule has 3 nitrogen and oxygen atoms in total. The third kappa shape index (κ3) is 9.11. The first-order chi connectivity index (χ1) is 2.27. The van der Waals surface area contributed by atoms with Gasteiger partial charge in [-0.05, 0) is 0 Å². The molecule has 0 aromatic rings. The maximum atomic E-state index is 9.17. The lowest BCUT2D eigenvalue weighted by Gasteiger charge is -1.73. The highest BCUT2D eigenvalue weighted by Crippen LogP contribution is 1.57. The van der Waals surface area contributed by atoms with E-state index in [0.717, 1.165) is 0 Å². The van der Waals surface area contributed by atoms with Crippen LogP contribution in [0.15, 0.2) is 0 Å². The van der Waals surface area contributed by atoms with Crippen molar-refractivity contribution in [2.75, 3.05) is 6.54 Å². The fourth-order valence-corrected chi connectivity index (χ4v) is 0. The molecule has 6 heavy (non-hydrogen) atoms. The molecular weight excluding hydrogens is 150 g/mol. The molecule has 0 saturated heterocycles. The second-order valence-electron chi connectivity index (χ2n) is 0.649. The zero-order valence-corrected chi connectivity index (χ0v) is 5.09. The summed E-state index contributed by atoms with van der Waals surface area (Å²) in [5.74, 6) is 0. The van der Waals surface area contributed by atoms with Crippen molar-refractivity contribution in [2.45, 2.75) is 6.92 Å². The van der Waals surface area contributed by atoms with E-state index < -0.39 is 0 Å². The number of rotatable bonds is 1. The van der Waals surface area contributed by atoms with E-state index in [1.807, 2.05) is 0 Å². The maximum absolute atomic E-state index is 9.17. The fourth-order valence-electron chi connectivity index (χ4n) is 0. The first-order valence-electron chi connectivity index (χ1n) is 1.39. The molecule has 38 valence electrons. The molecule has 0 aromatic heterocycles. The van der Waals surface area contributed by atoms with Crippen molar-refractivity contribution in [2.24, 2.45) is 0 Å². The number of halogens is 1. The van der Waals surface area contributed by atoms with Gasteiger partial charge in [-0.15, -0.1) is 17.0 Å². The molecule has 0 spiro atoms. The van der Waals surface area contributed by atoms with Gasteiger partial charge in [-0.1, -0.05) is 0 Å². The second-order valence-corrected chi connectivity index (χ2v) is 0.649. The Balaban J connectivity index is 0. The van der Waals surface area contributed by atoms with Gasteiger partial charge < -0.3 is 0 Å². The molecule has 0 aliphatic carbocycles. The molecular formula is C2H6BrNO2. The van der Waals surface area contributed by atoms with Crippen LogP contribution in [0.4, 0.5) is 0 Å². The highest BCUT2D eigenvalue weighted by molar-refractivity contribution is 8.93. The van der Waals surface area contributed by atoms with Crippen molar-refractivity contribution in [3.05, 3.63) is 10.1 Å². The molecule has 0 aliphatic heterocycles. The molecule has 0 saturated carbocycles. The van der Waals surface area contributed by atoms with E-state index in [0.29, 0.717) is 0 Å². The van der Waals surface area contributed by atoms with Gasteiger partial charge in [0.1, 0.15) is 0 Å². The highest BCUT2D eigenvalue weighted by atomic mass is 79.9. The Morgan fingerprint density at radius 3 is 2.00 bits per heavy atom. The summed E-state index contributed by atoms with van der Waals surface area (Å²) in [7, 11) is 0. The standard InChI is InChI=1S/C2H5NO2.BrH/c1-2-3(4)5;/h2H2,1H3;1H. The Kier molecular flexibility index (Phi) is 7.57. The Labute approximate surface area is 46.3 Å². The predicted octanol–water partition coefficient (Wildman–Crippen LogP) is 0.861. The van der Waals surface area contributed by atoms with Gasteiger partial charge in [-0.25, -0.2) is 0 Å². The molecule has 0 amide bonds. The third-order valence-corrected chi connectivity index (χ3v) is 0.258. The van der Waals surface area contributed by atoms with Crippen molar-refractivity contribution in [3.63, 3.8) is 0 Å². The van der Waals surface area contributed by atoms with Gasteiger partial charge in [0.15, 0.2) is 0 Å². The molecule has 0 rings (SSSR count). The lowest BCUT2D eigenvalue weighted by atomic mass is 10.8. The van der Waals surface area contributed by atoms with E-state index in [9.17, 15) is 10.1 Å². The fraction of sp³-hybridized carbons (Fsp3) is 1.00. The monoisotopic (exact) mass is 155 g/mol. The highest BCUT2D eigenvalue weighted by Gasteiger charge is 1.76. The SMILES string of the molecule is Br.CC[N+](=O)[O-]. The van der Waals surface area contributed by atoms with E-state index in [2.05, 4.69) is 0 Å². The van der Waals surface area contributed by atoms with Crippen LogP contribution in [0, 0.1) is 10.1 Å². The van der Waals surface area contributed by atoms with E-state index in [1.165, 1.54) is 6.92 Å². The van der Waals surface area contributed by atoms with E-state index in [4.69, 9.17) is 0 Å². The molecule has 0 bridgehead atoms. The zero-order chi connectivity index (χ0) is 4.28. The lowest BCUT2D eigenvalue weighted by Crippen LogP contribution is -1.92. The van der Waals surface area contributed by atoms with Gasteiger partial charge in [-0.3, -0.25) is 10.1 Å². The van der Waals surface area contributed by atoms with Crippen molar-refractivity contribution in [1.82, 2.24) is 0 Å². The Morgan fingerprint density at radius 1 is 1.83 bits per heavy atom. The number of hydrogen-bond acceptors (Lipinski definition) is 2. The summed E-state index contributed by atoms with van der Waals surface area (Å²) in [5, 5.41) is 9.17. The molecule has 4 heteroatoms. The molecule has 0 N–H and O–H groups in total. The molecule has 0 aromatic carbocycles. The summed E-state index contributed by atoms with van der Waals surface area (Å²) >= 11 is 0. The first-order valence-corrected chi connectivity index (χ1v) is 1.39. The molecule has 0 radical (unpaired) electrons. The Bertz CT molecular complexity index is 46.8. The van der Waals surface area contributed by atoms with Crippen molar-refractivity contribution in [1.29, 1.82) is 0 Å². The lowest BCUT2D eigenvalue weighted by molar-refractivity contribution is -0.475. The van der Waals surface area contributed by atoms with Crippen LogP contribution in [-0.4, -0.2) is 11.5 Å². The van der Waals surface area contributed by atoms with Crippen LogP contribution in [-0.2, 0) is 0 Å². The average molecular weight is 156 g/mol. The minimum Gasteiger partial charge on any atom is -0.265 e. The Hall–Kier alpha value is -0.120. The van der Waals surface area contributed by atoms with Crippen LogP contribution in [0.25, 0.3) is 0 Å². The van der Waals surface area contributed by atoms with Gasteiger partial charge in [0.2, 0.25) is 6.54 Å². The van der Waals surface area contributed by atoms with Crippen LogP contribution in [0.2, 0.25) is 0 Å². The largest absolute Gasteiger partial charge is 0.265 e. The summed E-state index contributed by atoms with van der Waals surface area (Å²) in [6.07, 6.45) is 0. The van der Waals surface area contributed by atoms with Gasteiger partial charge in [-0.2, -0.15) is 0 Å². The smallest absolute Gasteiger partial charge is 0.201 e. The quantitative estimate of drug-likeness (QED) is 0.417. The van der Waals surface area contributed by atoms with Gasteiger partial charge in [0, 0.05) is 11.8 Å². The number of hydrogen-bond donors (Lipinski definition) is 0. The van der Waals surface area contributed by atoms with Gasteiger partial charge in [0.25, 0.3) is 0 Å². The third-order valence-electron chi connectivity index (χ3n) is 0.258. The molecule has 0 aliphatic rings. The summed E-state index contributed by atoms with van der Waals surface area (Å²) in [4.78, 5) is 8.80. The molecule has 0 heterocycles. The zero-order valence-electron chi connectivity index (χ0n) is 3.38. The van der Waals surface area contributed by atoms with E-state index in [-0.39, 0.29) is 28.4 Å². The normalized spacial score (nSPS) is 6.17. The van der Waals surface area contributed by atoms with Crippen LogP contribution in [0.3, 0.4) is 0 Å². The summed E-state index contributed by atoms with van der Waals surface area (Å²) in [6.45, 7) is 1.53. The van der Waals surface area contributed by atoms with Crippen LogP contribution in [0.1, 0.15) is 6.92 Å². The van der Waals surface area contributed by atoms with Crippen LogP contribution < -0.4 is 0 Å². The van der Waals surface area contributed by atoms with Crippen molar-refractivity contribution < 1.29 is 4.92 Å². The minimum atomic E-state index is -0.375. The average Bonchev–Trinajstić information content (AvgIpc) is 1.38. The van der Waals surface area contributed by atoms with Crippen molar-refractivity contribution in [3.8, 4) is 0 Å². The van der Waals surface area contributed by atoms with Gasteiger partial charge in [0.05, 0.1) is 0 Å². The number of nitro groups is 1. The Morgan fingerprint density at radius 2 is 2.00 bits per heavy atom. The molecule has 0 fully saturated rings. The molecule has 0 atom stereocenters. The summed E-state index contributed by atoms with van der Waals surface area (Å²) in [5.41, 5.74) is 0. The topological polar surface area (TPSA) is 43.1 Å². The predicted molar refractivity (Wildman–Crippen MR) is 27.9 cm³/mol. The minimum absolute atomic E-state index is 0. The number of nitrogens with zero attached hydrogens (tertiary/aromatic N) is 1. The second kappa shape index (κ2) is 4.88. The van der Waals surface area contributed by atoms with Crippen LogP contribution >= 0.6 is 17.0 Å². The van der Waals surface area contributed by atoms with E-state index in [1.54, 1.807) is 0 Å². The maximum Gasteiger partial charge on any atom is 0.201 e. The van der Waals surface area contributed by atoms with Crippen molar-refractivity contribution >= 4 is 17.0 Å². The van der Waals surface area contributed by atoms with Gasteiger partial charge >= 0.3 is 0 Å². The van der Waals surface area contributed by atoms with E-state index >= 15 is 0 Å². The summed E-state index contributed by atoms with van der Waals surface area (Å²) in [6, 6.07) is 0. The first kappa shape index (κ1) is 9.30. The molecule has 0 unspecified atom stereocenters.